The molecule has 4 aromatic rings. The zero-order valence-corrected chi connectivity index (χ0v) is 20.6. The highest BCUT2D eigenvalue weighted by molar-refractivity contribution is 7.18. The van der Waals surface area contributed by atoms with Gasteiger partial charge >= 0.3 is 0 Å². The maximum atomic E-state index is 12.9. The van der Waals surface area contributed by atoms with Gasteiger partial charge in [-0.25, -0.2) is 4.98 Å². The molecule has 9 nitrogen and oxygen atoms in total. The van der Waals surface area contributed by atoms with Crippen LogP contribution >= 0.6 is 11.3 Å². The Labute approximate surface area is 210 Å². The van der Waals surface area contributed by atoms with Gasteiger partial charge in [0, 0.05) is 22.6 Å². The summed E-state index contributed by atoms with van der Waals surface area (Å²) in [6.45, 7) is 2.83. The molecule has 2 aromatic heterocycles. The van der Waals surface area contributed by atoms with Crippen molar-refractivity contribution in [2.75, 3.05) is 19.8 Å². The highest BCUT2D eigenvalue weighted by atomic mass is 32.1. The lowest BCUT2D eigenvalue weighted by Crippen LogP contribution is -2.11. The second kappa shape index (κ2) is 10.4. The molecule has 0 unspecified atom stereocenters. The number of nitro benzene ring substituents is 1. The molecule has 0 amide bonds. The van der Waals surface area contributed by atoms with E-state index in [9.17, 15) is 14.9 Å². The van der Waals surface area contributed by atoms with Gasteiger partial charge in [0.05, 0.1) is 16.9 Å². The molecule has 2 aromatic carbocycles. The van der Waals surface area contributed by atoms with Crippen molar-refractivity contribution < 1.29 is 19.1 Å². The summed E-state index contributed by atoms with van der Waals surface area (Å²) >= 11 is 1.62. The van der Waals surface area contributed by atoms with Gasteiger partial charge in [-0.05, 0) is 68.5 Å². The number of aromatic amines is 1. The SMILES string of the molecule is CCOc1cc(-c2nc3sc4c(c3c(=O)[nH]2)CCCC4)ccc1OCCOc1ccc([N+](=O)[O-])cc1. The van der Waals surface area contributed by atoms with E-state index in [2.05, 4.69) is 4.98 Å². The Morgan fingerprint density at radius 3 is 2.58 bits per heavy atom. The number of rotatable bonds is 9. The molecule has 0 radical (unpaired) electrons. The highest BCUT2D eigenvalue weighted by Crippen LogP contribution is 2.36. The Balaban J connectivity index is 1.31. The van der Waals surface area contributed by atoms with Crippen LogP contribution in [0.5, 0.6) is 17.2 Å². The minimum absolute atomic E-state index is 0.00806. The molecule has 36 heavy (non-hydrogen) atoms. The van der Waals surface area contributed by atoms with Gasteiger partial charge in [-0.1, -0.05) is 0 Å². The average molecular weight is 508 g/mol. The third kappa shape index (κ3) is 4.90. The summed E-state index contributed by atoms with van der Waals surface area (Å²) in [5, 5.41) is 11.5. The van der Waals surface area contributed by atoms with Crippen molar-refractivity contribution in [3.63, 3.8) is 0 Å². The molecule has 0 saturated carbocycles. The van der Waals surface area contributed by atoms with Crippen molar-refractivity contribution in [3.8, 4) is 28.6 Å². The fraction of sp³-hybridized carbons (Fsp3) is 0.308. The van der Waals surface area contributed by atoms with Crippen molar-refractivity contribution >= 4 is 27.2 Å². The Kier molecular flexibility index (Phi) is 6.86. The Hall–Kier alpha value is -3.92. The molecule has 186 valence electrons. The van der Waals surface area contributed by atoms with Gasteiger partial charge in [0.1, 0.15) is 29.6 Å². The highest BCUT2D eigenvalue weighted by Gasteiger charge is 2.20. The number of benzene rings is 2. The van der Waals surface area contributed by atoms with E-state index in [0.29, 0.717) is 29.7 Å². The number of aromatic nitrogens is 2. The van der Waals surface area contributed by atoms with Crippen LogP contribution < -0.4 is 19.8 Å². The number of thiophene rings is 1. The van der Waals surface area contributed by atoms with Crippen LogP contribution in [0, 0.1) is 10.1 Å². The maximum absolute atomic E-state index is 12.9. The third-order valence-corrected chi connectivity index (χ3v) is 7.18. The molecule has 1 aliphatic carbocycles. The summed E-state index contributed by atoms with van der Waals surface area (Å²) in [5.41, 5.74) is 1.80. The van der Waals surface area contributed by atoms with Gasteiger partial charge in [-0.15, -0.1) is 11.3 Å². The molecule has 0 saturated heterocycles. The van der Waals surface area contributed by atoms with Crippen molar-refractivity contribution in [3.05, 3.63) is 73.4 Å². The van der Waals surface area contributed by atoms with E-state index in [1.54, 1.807) is 29.5 Å². The van der Waals surface area contributed by atoms with E-state index in [4.69, 9.17) is 19.2 Å². The predicted octanol–water partition coefficient (Wildman–Crippen LogP) is 5.30. The molecule has 0 fully saturated rings. The van der Waals surface area contributed by atoms with E-state index in [0.717, 1.165) is 47.0 Å². The van der Waals surface area contributed by atoms with E-state index >= 15 is 0 Å². The number of aryl methyl sites for hydroxylation is 2. The second-order valence-corrected chi connectivity index (χ2v) is 9.43. The smallest absolute Gasteiger partial charge is 0.269 e. The van der Waals surface area contributed by atoms with Crippen molar-refractivity contribution in [1.82, 2.24) is 9.97 Å². The van der Waals surface area contributed by atoms with Crippen LogP contribution in [-0.2, 0) is 12.8 Å². The quantitative estimate of drug-likeness (QED) is 0.186. The minimum Gasteiger partial charge on any atom is -0.490 e. The number of nitro groups is 1. The molecule has 0 bridgehead atoms. The minimum atomic E-state index is -0.456. The van der Waals surface area contributed by atoms with E-state index in [1.807, 2.05) is 19.1 Å². The zero-order valence-electron chi connectivity index (χ0n) is 19.7. The molecule has 1 aliphatic rings. The average Bonchev–Trinajstić information content (AvgIpc) is 3.27. The number of fused-ring (bicyclic) bond motifs is 3. The Morgan fingerprint density at radius 1 is 1.03 bits per heavy atom. The van der Waals surface area contributed by atoms with Crippen LogP contribution in [-0.4, -0.2) is 34.7 Å². The number of non-ortho nitro benzene ring substituents is 1. The summed E-state index contributed by atoms with van der Waals surface area (Å²) in [4.78, 5) is 33.0. The lowest BCUT2D eigenvalue weighted by molar-refractivity contribution is -0.384. The number of nitrogens with zero attached hydrogens (tertiary/aromatic N) is 2. The largest absolute Gasteiger partial charge is 0.490 e. The maximum Gasteiger partial charge on any atom is 0.269 e. The molecule has 0 atom stereocenters. The Bertz CT molecular complexity index is 1460. The van der Waals surface area contributed by atoms with Gasteiger partial charge in [0.15, 0.2) is 11.5 Å². The second-order valence-electron chi connectivity index (χ2n) is 8.35. The number of nitrogens with one attached hydrogen (secondary N) is 1. The first-order valence-corrected chi connectivity index (χ1v) is 12.7. The zero-order chi connectivity index (χ0) is 25.1. The normalized spacial score (nSPS) is 12.8. The fourth-order valence-corrected chi connectivity index (χ4v) is 5.58. The molecular formula is C26H25N3O6S. The van der Waals surface area contributed by atoms with Crippen LogP contribution in [0.4, 0.5) is 5.69 Å². The first-order valence-electron chi connectivity index (χ1n) is 11.9. The molecular weight excluding hydrogens is 482 g/mol. The van der Waals surface area contributed by atoms with E-state index in [1.165, 1.54) is 17.0 Å². The first kappa shape index (κ1) is 23.8. The molecule has 1 N–H and O–H groups in total. The predicted molar refractivity (Wildman–Crippen MR) is 138 cm³/mol. The summed E-state index contributed by atoms with van der Waals surface area (Å²) in [7, 11) is 0. The van der Waals surface area contributed by atoms with Crippen LogP contribution in [0.3, 0.4) is 0 Å². The third-order valence-electron chi connectivity index (χ3n) is 6.00. The summed E-state index contributed by atoms with van der Waals surface area (Å²) in [6, 6.07) is 11.3. The van der Waals surface area contributed by atoms with Gasteiger partial charge in [0.2, 0.25) is 0 Å². The van der Waals surface area contributed by atoms with Crippen LogP contribution in [0.2, 0.25) is 0 Å². The molecule has 0 spiro atoms. The number of H-pyrrole nitrogens is 1. The summed E-state index contributed by atoms with van der Waals surface area (Å²) < 4.78 is 17.3. The Morgan fingerprint density at radius 2 is 1.81 bits per heavy atom. The summed E-state index contributed by atoms with van der Waals surface area (Å²) in [6.07, 6.45) is 4.22. The van der Waals surface area contributed by atoms with Crippen LogP contribution in [0.25, 0.3) is 21.6 Å². The van der Waals surface area contributed by atoms with Gasteiger partial charge in [0.25, 0.3) is 11.2 Å². The molecule has 2 heterocycles. The first-order chi connectivity index (χ1) is 17.5. The number of ether oxygens (including phenoxy) is 3. The lowest BCUT2D eigenvalue weighted by atomic mass is 9.97. The van der Waals surface area contributed by atoms with Crippen molar-refractivity contribution in [2.24, 2.45) is 0 Å². The fourth-order valence-electron chi connectivity index (χ4n) is 4.32. The van der Waals surface area contributed by atoms with Gasteiger partial charge in [-0.2, -0.15) is 0 Å². The van der Waals surface area contributed by atoms with E-state index in [-0.39, 0.29) is 24.5 Å². The monoisotopic (exact) mass is 507 g/mol. The molecule has 10 heteroatoms. The van der Waals surface area contributed by atoms with Crippen LogP contribution in [0.1, 0.15) is 30.2 Å². The van der Waals surface area contributed by atoms with E-state index < -0.39 is 4.92 Å². The topological polar surface area (TPSA) is 117 Å². The molecule has 0 aliphatic heterocycles. The summed E-state index contributed by atoms with van der Waals surface area (Å²) in [5.74, 6) is 2.10. The van der Waals surface area contributed by atoms with Crippen LogP contribution in [0.15, 0.2) is 47.3 Å². The lowest BCUT2D eigenvalue weighted by Gasteiger charge is -2.14. The number of hydrogen-bond donors (Lipinski definition) is 1. The van der Waals surface area contributed by atoms with Crippen molar-refractivity contribution in [1.29, 1.82) is 0 Å². The standard InChI is InChI=1S/C26H25N3O6S/c1-2-33-21-15-16(24-27-25(30)23-19-5-3-4-6-22(19)36-26(23)28-24)7-12-20(21)35-14-13-34-18-10-8-17(9-11-18)29(31)32/h7-12,15H,2-6,13-14H2,1H3,(H,27,28,30). The van der Waals surface area contributed by atoms with Gasteiger partial charge < -0.3 is 19.2 Å². The van der Waals surface area contributed by atoms with Crippen molar-refractivity contribution in [2.45, 2.75) is 32.6 Å². The molecule has 5 rings (SSSR count). The number of hydrogen-bond acceptors (Lipinski definition) is 8. The van der Waals surface area contributed by atoms with Gasteiger partial charge in [-0.3, -0.25) is 14.9 Å².